The number of hydrogen-bond acceptors (Lipinski definition) is 2. The fourth-order valence-electron chi connectivity index (χ4n) is 3.21. The molecule has 0 aliphatic carbocycles. The zero-order valence-corrected chi connectivity index (χ0v) is 12.2. The van der Waals surface area contributed by atoms with Crippen molar-refractivity contribution in [2.45, 2.75) is 19.3 Å². The van der Waals surface area contributed by atoms with Crippen LogP contribution in [-0.2, 0) is 11.2 Å². The molecule has 1 aromatic rings. The molecule has 2 fully saturated rings. The van der Waals surface area contributed by atoms with Gasteiger partial charge in [-0.05, 0) is 31.0 Å². The molecule has 2 saturated heterocycles. The molecule has 1 spiro atoms. The van der Waals surface area contributed by atoms with E-state index in [1.807, 2.05) is 4.90 Å². The van der Waals surface area contributed by atoms with E-state index in [-0.39, 0.29) is 36.0 Å². The van der Waals surface area contributed by atoms with Crippen molar-refractivity contribution >= 4 is 18.3 Å². The third-order valence-corrected chi connectivity index (χ3v) is 4.42. The van der Waals surface area contributed by atoms with Gasteiger partial charge in [0.2, 0.25) is 5.91 Å². The summed E-state index contributed by atoms with van der Waals surface area (Å²) in [5.74, 6) is -0.235. The van der Waals surface area contributed by atoms with Gasteiger partial charge in [-0.1, -0.05) is 18.2 Å². The van der Waals surface area contributed by atoms with Gasteiger partial charge in [-0.25, -0.2) is 4.39 Å². The van der Waals surface area contributed by atoms with E-state index in [9.17, 15) is 9.18 Å². The molecule has 20 heavy (non-hydrogen) atoms. The summed E-state index contributed by atoms with van der Waals surface area (Å²) in [7, 11) is 0. The van der Waals surface area contributed by atoms with Gasteiger partial charge >= 0.3 is 0 Å². The summed E-state index contributed by atoms with van der Waals surface area (Å²) < 4.78 is 13.6. The lowest BCUT2D eigenvalue weighted by Gasteiger charge is -2.22. The Morgan fingerprint density at radius 1 is 1.35 bits per heavy atom. The summed E-state index contributed by atoms with van der Waals surface area (Å²) >= 11 is 0. The largest absolute Gasteiger partial charge is 0.342 e. The van der Waals surface area contributed by atoms with Crippen LogP contribution in [0.5, 0.6) is 0 Å². The number of carbonyl (C=O) groups is 1. The first-order valence-corrected chi connectivity index (χ1v) is 6.90. The van der Waals surface area contributed by atoms with Crippen molar-refractivity contribution in [2.24, 2.45) is 5.41 Å². The van der Waals surface area contributed by atoms with Gasteiger partial charge in [-0.15, -0.1) is 12.4 Å². The standard InChI is InChI=1S/C15H19FN2O.ClH/c16-13-4-2-1-3-12(13)9-14(19)18-8-6-15(11-18)5-7-17-10-15;/h1-4,17H,5-11H2;1H. The Hall–Kier alpha value is -1.13. The molecule has 3 rings (SSSR count). The maximum Gasteiger partial charge on any atom is 0.227 e. The average molecular weight is 299 g/mol. The van der Waals surface area contributed by atoms with Crippen LogP contribution in [0, 0.1) is 11.2 Å². The van der Waals surface area contributed by atoms with Gasteiger partial charge in [0.1, 0.15) is 5.82 Å². The first-order valence-electron chi connectivity index (χ1n) is 6.90. The molecule has 0 bridgehead atoms. The molecule has 110 valence electrons. The van der Waals surface area contributed by atoms with Crippen molar-refractivity contribution in [3.05, 3.63) is 35.6 Å². The second-order valence-electron chi connectivity index (χ2n) is 5.76. The van der Waals surface area contributed by atoms with Crippen LogP contribution in [0.1, 0.15) is 18.4 Å². The van der Waals surface area contributed by atoms with Crippen LogP contribution in [0.3, 0.4) is 0 Å². The van der Waals surface area contributed by atoms with E-state index in [4.69, 9.17) is 0 Å². The van der Waals surface area contributed by atoms with Gasteiger partial charge in [0.25, 0.3) is 0 Å². The van der Waals surface area contributed by atoms with Crippen LogP contribution in [0.25, 0.3) is 0 Å². The monoisotopic (exact) mass is 298 g/mol. The fraction of sp³-hybridized carbons (Fsp3) is 0.533. The van der Waals surface area contributed by atoms with Crippen molar-refractivity contribution in [3.8, 4) is 0 Å². The Balaban J connectivity index is 0.00000147. The van der Waals surface area contributed by atoms with Crippen LogP contribution in [0.15, 0.2) is 24.3 Å². The third kappa shape index (κ3) is 2.96. The van der Waals surface area contributed by atoms with E-state index >= 15 is 0 Å². The predicted octanol–water partition coefficient (Wildman–Crippen LogP) is 2.00. The van der Waals surface area contributed by atoms with E-state index in [0.29, 0.717) is 5.56 Å². The molecule has 2 aliphatic heterocycles. The SMILES string of the molecule is Cl.O=C(Cc1ccccc1F)N1CCC2(CCNC2)C1. The lowest BCUT2D eigenvalue weighted by molar-refractivity contribution is -0.129. The molecule has 1 amide bonds. The van der Waals surface area contributed by atoms with Crippen LogP contribution in [0.4, 0.5) is 4.39 Å². The van der Waals surface area contributed by atoms with Gasteiger partial charge in [-0.2, -0.15) is 0 Å². The number of nitrogens with one attached hydrogen (secondary N) is 1. The summed E-state index contributed by atoms with van der Waals surface area (Å²) in [6.45, 7) is 3.70. The number of rotatable bonds is 2. The molecule has 1 unspecified atom stereocenters. The summed E-state index contributed by atoms with van der Waals surface area (Å²) in [4.78, 5) is 14.1. The van der Waals surface area contributed by atoms with Crippen LogP contribution in [0.2, 0.25) is 0 Å². The van der Waals surface area contributed by atoms with Gasteiger partial charge in [0, 0.05) is 25.0 Å². The van der Waals surface area contributed by atoms with Gasteiger partial charge < -0.3 is 10.2 Å². The minimum absolute atomic E-state index is 0. The lowest BCUT2D eigenvalue weighted by atomic mass is 9.86. The highest BCUT2D eigenvalue weighted by Crippen LogP contribution is 2.36. The molecule has 1 atom stereocenters. The number of halogens is 2. The Morgan fingerprint density at radius 2 is 2.15 bits per heavy atom. The van der Waals surface area contributed by atoms with E-state index in [1.165, 1.54) is 6.07 Å². The Kier molecular flexibility index (Phi) is 4.66. The first-order chi connectivity index (χ1) is 9.19. The van der Waals surface area contributed by atoms with Crippen molar-refractivity contribution in [1.82, 2.24) is 10.2 Å². The Bertz CT molecular complexity index is 489. The average Bonchev–Trinajstić information content (AvgIpc) is 3.03. The van der Waals surface area contributed by atoms with Crippen molar-refractivity contribution in [3.63, 3.8) is 0 Å². The molecule has 1 N–H and O–H groups in total. The summed E-state index contributed by atoms with van der Waals surface area (Å²) in [6.07, 6.45) is 2.40. The summed E-state index contributed by atoms with van der Waals surface area (Å²) in [6, 6.07) is 6.53. The molecule has 0 radical (unpaired) electrons. The maximum absolute atomic E-state index is 13.6. The van der Waals surface area contributed by atoms with Gasteiger partial charge in [0.15, 0.2) is 0 Å². The molecule has 0 aromatic heterocycles. The number of carbonyl (C=O) groups excluding carboxylic acids is 1. The van der Waals surface area contributed by atoms with Crippen LogP contribution in [-0.4, -0.2) is 37.0 Å². The Labute approximate surface area is 124 Å². The molecule has 5 heteroatoms. The normalized spacial score (nSPS) is 24.9. The van der Waals surface area contributed by atoms with Gasteiger partial charge in [0.05, 0.1) is 6.42 Å². The lowest BCUT2D eigenvalue weighted by Crippen LogP contribution is -2.34. The van der Waals surface area contributed by atoms with E-state index in [0.717, 1.165) is 39.0 Å². The first kappa shape index (κ1) is 15.3. The highest BCUT2D eigenvalue weighted by molar-refractivity contribution is 5.85. The summed E-state index contributed by atoms with van der Waals surface area (Å²) in [5, 5.41) is 3.38. The topological polar surface area (TPSA) is 32.3 Å². The third-order valence-electron chi connectivity index (χ3n) is 4.42. The van der Waals surface area contributed by atoms with Crippen molar-refractivity contribution in [2.75, 3.05) is 26.2 Å². The molecule has 2 aliphatic rings. The zero-order chi connectivity index (χ0) is 13.3. The minimum Gasteiger partial charge on any atom is -0.342 e. The summed E-state index contributed by atoms with van der Waals surface area (Å²) in [5.41, 5.74) is 0.781. The zero-order valence-electron chi connectivity index (χ0n) is 11.4. The van der Waals surface area contributed by atoms with Crippen molar-refractivity contribution in [1.29, 1.82) is 0 Å². The van der Waals surface area contributed by atoms with E-state index < -0.39 is 0 Å². The predicted molar refractivity (Wildman–Crippen MR) is 78.5 cm³/mol. The second kappa shape index (κ2) is 6.10. The number of amides is 1. The molecular weight excluding hydrogens is 279 g/mol. The molecule has 0 saturated carbocycles. The van der Waals surface area contributed by atoms with E-state index in [1.54, 1.807) is 18.2 Å². The maximum atomic E-state index is 13.6. The molecule has 2 heterocycles. The highest BCUT2D eigenvalue weighted by Gasteiger charge is 2.41. The number of likely N-dealkylation sites (tertiary alicyclic amines) is 1. The molecule has 1 aromatic carbocycles. The Morgan fingerprint density at radius 3 is 2.85 bits per heavy atom. The fourth-order valence-corrected chi connectivity index (χ4v) is 3.21. The molecular formula is C15H20ClFN2O. The van der Waals surface area contributed by atoms with Crippen LogP contribution < -0.4 is 5.32 Å². The number of hydrogen-bond donors (Lipinski definition) is 1. The smallest absolute Gasteiger partial charge is 0.227 e. The van der Waals surface area contributed by atoms with Crippen LogP contribution >= 0.6 is 12.4 Å². The minimum atomic E-state index is -0.285. The van der Waals surface area contributed by atoms with Crippen molar-refractivity contribution < 1.29 is 9.18 Å². The number of nitrogens with zero attached hydrogens (tertiary/aromatic N) is 1. The second-order valence-corrected chi connectivity index (χ2v) is 5.76. The number of benzene rings is 1. The quantitative estimate of drug-likeness (QED) is 0.906. The van der Waals surface area contributed by atoms with E-state index in [2.05, 4.69) is 5.32 Å². The highest BCUT2D eigenvalue weighted by atomic mass is 35.5. The van der Waals surface area contributed by atoms with Gasteiger partial charge in [-0.3, -0.25) is 4.79 Å². The molecule has 3 nitrogen and oxygen atoms in total.